The minimum atomic E-state index is -1.09. The maximum absolute atomic E-state index is 10.8. The molecule has 0 radical (unpaired) electrons. The molecule has 1 aliphatic carbocycles. The molecule has 0 heterocycles. The molecule has 0 aliphatic heterocycles. The van der Waals surface area contributed by atoms with E-state index in [0.29, 0.717) is 0 Å². The smallest absolute Gasteiger partial charge is 0.381 e. The first-order chi connectivity index (χ1) is 7.08. The van der Waals surface area contributed by atoms with Crippen LogP contribution in [0.25, 0.3) is 0 Å². The molecule has 1 amide bonds. The highest BCUT2D eigenvalue weighted by Gasteiger charge is 2.20. The number of carboxylic acids is 1. The van der Waals surface area contributed by atoms with Crippen molar-refractivity contribution in [3.05, 3.63) is 0 Å². The van der Waals surface area contributed by atoms with Crippen molar-refractivity contribution in [3.8, 4) is 11.8 Å². The Labute approximate surface area is 89.0 Å². The fraction of sp³-hybridized carbons (Fsp3) is 0.636. The minimum Gasteiger partial charge on any atom is -0.472 e. The molecule has 2 N–H and O–H groups in total. The van der Waals surface area contributed by atoms with Gasteiger partial charge in [-0.3, -0.25) is 4.79 Å². The van der Waals surface area contributed by atoms with E-state index in [2.05, 4.69) is 17.2 Å². The van der Waals surface area contributed by atoms with Gasteiger partial charge in [-0.05, 0) is 19.3 Å². The Morgan fingerprint density at radius 1 is 1.40 bits per heavy atom. The standard InChI is InChI=1S/C11H15NO3/c1-8(13)12-10-4-2-3-9(7-10)5-6-11(14)15/h9-10H,2-4,7H2,1H3,(H,12,13)(H,14,15)/t9-,10-/m1/s1. The summed E-state index contributed by atoms with van der Waals surface area (Å²) in [6.45, 7) is 1.49. The van der Waals surface area contributed by atoms with Gasteiger partial charge in [0.25, 0.3) is 0 Å². The summed E-state index contributed by atoms with van der Waals surface area (Å²) < 4.78 is 0. The fourth-order valence-corrected chi connectivity index (χ4v) is 1.90. The predicted octanol–water partition coefficient (Wildman–Crippen LogP) is 0.769. The summed E-state index contributed by atoms with van der Waals surface area (Å²) >= 11 is 0. The van der Waals surface area contributed by atoms with Crippen LogP contribution in [0.1, 0.15) is 32.6 Å². The Hall–Kier alpha value is -1.50. The topological polar surface area (TPSA) is 66.4 Å². The molecule has 82 valence electrons. The predicted molar refractivity (Wildman–Crippen MR) is 55.0 cm³/mol. The first kappa shape index (κ1) is 11.6. The van der Waals surface area contributed by atoms with Crippen molar-refractivity contribution in [2.24, 2.45) is 5.92 Å². The summed E-state index contributed by atoms with van der Waals surface area (Å²) in [7, 11) is 0. The lowest BCUT2D eigenvalue weighted by molar-refractivity contribution is -0.130. The van der Waals surface area contributed by atoms with E-state index < -0.39 is 5.97 Å². The monoisotopic (exact) mass is 209 g/mol. The van der Waals surface area contributed by atoms with E-state index in [9.17, 15) is 9.59 Å². The van der Waals surface area contributed by atoms with Gasteiger partial charge >= 0.3 is 5.97 Å². The van der Waals surface area contributed by atoms with E-state index in [1.54, 1.807) is 0 Å². The quantitative estimate of drug-likeness (QED) is 0.627. The van der Waals surface area contributed by atoms with E-state index in [4.69, 9.17) is 5.11 Å². The first-order valence-electron chi connectivity index (χ1n) is 5.09. The van der Waals surface area contributed by atoms with E-state index in [-0.39, 0.29) is 17.9 Å². The lowest BCUT2D eigenvalue weighted by Gasteiger charge is -2.26. The molecule has 1 fully saturated rings. The number of hydrogen-bond donors (Lipinski definition) is 2. The summed E-state index contributed by atoms with van der Waals surface area (Å²) in [5.74, 6) is 3.85. The molecule has 0 unspecified atom stereocenters. The molecule has 0 aromatic rings. The average molecular weight is 209 g/mol. The van der Waals surface area contributed by atoms with Crippen LogP contribution < -0.4 is 5.32 Å². The van der Waals surface area contributed by atoms with Crippen LogP contribution in [-0.2, 0) is 9.59 Å². The van der Waals surface area contributed by atoms with E-state index >= 15 is 0 Å². The van der Waals surface area contributed by atoms with Crippen LogP contribution >= 0.6 is 0 Å². The molecule has 1 rings (SSSR count). The minimum absolute atomic E-state index is 0.0353. The largest absolute Gasteiger partial charge is 0.472 e. The maximum Gasteiger partial charge on any atom is 0.381 e. The summed E-state index contributed by atoms with van der Waals surface area (Å²) in [5.41, 5.74) is 0. The summed E-state index contributed by atoms with van der Waals surface area (Å²) in [4.78, 5) is 21.1. The van der Waals surface area contributed by atoms with Crippen LogP contribution in [-0.4, -0.2) is 23.0 Å². The number of carboxylic acid groups (broad SMARTS) is 1. The van der Waals surface area contributed by atoms with Gasteiger partial charge in [0, 0.05) is 24.8 Å². The third-order valence-electron chi connectivity index (χ3n) is 2.46. The van der Waals surface area contributed by atoms with Crippen LogP contribution in [0.2, 0.25) is 0 Å². The van der Waals surface area contributed by atoms with Gasteiger partial charge in [0.15, 0.2) is 0 Å². The third kappa shape index (κ3) is 4.50. The number of hydrogen-bond acceptors (Lipinski definition) is 2. The molecule has 4 nitrogen and oxygen atoms in total. The number of amides is 1. The zero-order valence-corrected chi connectivity index (χ0v) is 8.75. The summed E-state index contributed by atoms with van der Waals surface area (Å²) in [5, 5.41) is 11.3. The summed E-state index contributed by atoms with van der Waals surface area (Å²) in [6, 6.07) is 0.157. The van der Waals surface area contributed by atoms with Crippen molar-refractivity contribution in [3.63, 3.8) is 0 Å². The number of aliphatic carboxylic acids is 1. The van der Waals surface area contributed by atoms with Crippen LogP contribution in [0.3, 0.4) is 0 Å². The van der Waals surface area contributed by atoms with Gasteiger partial charge in [-0.15, -0.1) is 0 Å². The van der Waals surface area contributed by atoms with Gasteiger partial charge in [0.2, 0.25) is 5.91 Å². The highest BCUT2D eigenvalue weighted by molar-refractivity contribution is 5.86. The highest BCUT2D eigenvalue weighted by Crippen LogP contribution is 2.23. The van der Waals surface area contributed by atoms with Crippen LogP contribution in [0.15, 0.2) is 0 Å². The number of nitrogens with one attached hydrogen (secondary N) is 1. The SMILES string of the molecule is CC(=O)N[C@@H]1CCC[C@H](C#CC(=O)O)C1. The first-order valence-corrected chi connectivity index (χ1v) is 5.09. The molecular formula is C11H15NO3. The Balaban J connectivity index is 2.46. The van der Waals surface area contributed by atoms with Crippen molar-refractivity contribution in [1.29, 1.82) is 0 Å². The van der Waals surface area contributed by atoms with Crippen molar-refractivity contribution in [2.45, 2.75) is 38.6 Å². The normalized spacial score (nSPS) is 24.9. The Morgan fingerprint density at radius 3 is 2.73 bits per heavy atom. The van der Waals surface area contributed by atoms with Crippen molar-refractivity contribution >= 4 is 11.9 Å². The van der Waals surface area contributed by atoms with Crippen molar-refractivity contribution < 1.29 is 14.7 Å². The van der Waals surface area contributed by atoms with Gasteiger partial charge in [-0.1, -0.05) is 12.3 Å². The maximum atomic E-state index is 10.8. The van der Waals surface area contributed by atoms with Gasteiger partial charge < -0.3 is 10.4 Å². The molecular weight excluding hydrogens is 194 g/mol. The molecule has 1 aliphatic rings. The lowest BCUT2D eigenvalue weighted by atomic mass is 9.86. The lowest BCUT2D eigenvalue weighted by Crippen LogP contribution is -2.36. The highest BCUT2D eigenvalue weighted by atomic mass is 16.4. The molecule has 2 atom stereocenters. The van der Waals surface area contributed by atoms with E-state index in [0.717, 1.165) is 25.7 Å². The molecule has 4 heteroatoms. The number of carbonyl (C=O) groups is 2. The Kier molecular flexibility index (Phi) is 4.17. The molecule has 0 saturated heterocycles. The van der Waals surface area contributed by atoms with Crippen molar-refractivity contribution in [1.82, 2.24) is 5.32 Å². The summed E-state index contributed by atoms with van der Waals surface area (Å²) in [6.07, 6.45) is 3.64. The van der Waals surface area contributed by atoms with Gasteiger partial charge in [0.1, 0.15) is 0 Å². The van der Waals surface area contributed by atoms with Gasteiger partial charge in [-0.2, -0.15) is 0 Å². The molecule has 0 aromatic carbocycles. The van der Waals surface area contributed by atoms with Crippen molar-refractivity contribution in [2.75, 3.05) is 0 Å². The Bertz CT molecular complexity index is 314. The van der Waals surface area contributed by atoms with Crippen LogP contribution in [0, 0.1) is 17.8 Å². The number of rotatable bonds is 1. The molecule has 15 heavy (non-hydrogen) atoms. The van der Waals surface area contributed by atoms with Gasteiger partial charge in [-0.25, -0.2) is 4.79 Å². The van der Waals surface area contributed by atoms with E-state index in [1.165, 1.54) is 6.92 Å². The zero-order chi connectivity index (χ0) is 11.3. The zero-order valence-electron chi connectivity index (χ0n) is 8.75. The molecule has 0 aromatic heterocycles. The Morgan fingerprint density at radius 2 is 2.13 bits per heavy atom. The van der Waals surface area contributed by atoms with Gasteiger partial charge in [0.05, 0.1) is 0 Å². The molecule has 0 spiro atoms. The molecule has 1 saturated carbocycles. The second-order valence-electron chi connectivity index (χ2n) is 3.84. The second-order valence-corrected chi connectivity index (χ2v) is 3.84. The third-order valence-corrected chi connectivity index (χ3v) is 2.46. The van der Waals surface area contributed by atoms with E-state index in [1.807, 2.05) is 0 Å². The fourth-order valence-electron chi connectivity index (χ4n) is 1.90. The molecule has 0 bridgehead atoms. The average Bonchev–Trinajstić information content (AvgIpc) is 2.14. The van der Waals surface area contributed by atoms with Crippen LogP contribution in [0.4, 0.5) is 0 Å². The van der Waals surface area contributed by atoms with Crippen LogP contribution in [0.5, 0.6) is 0 Å². The number of carbonyl (C=O) groups excluding carboxylic acids is 1. The second kappa shape index (κ2) is 5.40.